The van der Waals surface area contributed by atoms with Crippen molar-refractivity contribution in [1.82, 2.24) is 5.32 Å². The van der Waals surface area contributed by atoms with Gasteiger partial charge in [-0.05, 0) is 0 Å². The molecule has 0 aromatic carbocycles. The van der Waals surface area contributed by atoms with E-state index in [-0.39, 0.29) is 0 Å². The second-order valence-electron chi connectivity index (χ2n) is 2.92. The van der Waals surface area contributed by atoms with Crippen molar-refractivity contribution in [2.24, 2.45) is 0 Å². The van der Waals surface area contributed by atoms with E-state index in [1.165, 1.54) is 0 Å². The van der Waals surface area contributed by atoms with E-state index in [2.05, 4.69) is 0 Å². The Balaban J connectivity index is 3.43. The molecule has 16 heavy (non-hydrogen) atoms. The molecule has 1 saturated heterocycles. The molecular weight excluding hydrogens is 264 g/mol. The monoisotopic (exact) mass is 264 g/mol. The van der Waals surface area contributed by atoms with Gasteiger partial charge in [-0.3, -0.25) is 0 Å². The molecule has 1 fully saturated rings. The molecule has 0 bridgehead atoms. The van der Waals surface area contributed by atoms with Crippen LogP contribution in [0.5, 0.6) is 0 Å². The minimum Gasteiger partial charge on any atom is -0.192 e. The highest BCUT2D eigenvalue weighted by Crippen LogP contribution is 2.60. The lowest BCUT2D eigenvalue weighted by Gasteiger charge is -2.44. The topological polar surface area (TPSA) is 14.1 Å². The number of hydrogen-bond acceptors (Lipinski definition) is 0. The summed E-state index contributed by atoms with van der Waals surface area (Å²) in [5, 5.41) is 0.501. The van der Waals surface area contributed by atoms with Crippen LogP contribution < -0.4 is 5.32 Å². The third-order valence-corrected chi connectivity index (χ3v) is 1.83. The van der Waals surface area contributed by atoms with E-state index in [0.29, 0.717) is 5.32 Å². The largest absolute Gasteiger partial charge is 0.394 e. The third-order valence-electron chi connectivity index (χ3n) is 1.83. The first kappa shape index (κ1) is 13.3. The zero-order chi connectivity index (χ0) is 13.2. The van der Waals surface area contributed by atoms with Gasteiger partial charge in [-0.25, -0.2) is 0 Å². The fraction of sp³-hybridized carbons (Fsp3) is 1.00. The van der Waals surface area contributed by atoms with Gasteiger partial charge in [0.05, 0.1) is 0 Å². The maximum atomic E-state index is 12.2. The van der Waals surface area contributed by atoms with Gasteiger partial charge in [-0.2, -0.15) is 43.9 Å². The average Bonchev–Trinajstić information content (AvgIpc) is 1.98. The summed E-state index contributed by atoms with van der Waals surface area (Å²) in [7, 11) is 0. The first-order valence-corrected chi connectivity index (χ1v) is 3.34. The molecule has 0 saturated carbocycles. The van der Waals surface area contributed by atoms with E-state index in [1.807, 2.05) is 0 Å². The Labute approximate surface area is 80.4 Å². The summed E-state index contributed by atoms with van der Waals surface area (Å²) in [5.74, 6) is -20.3. The molecule has 0 N–H and O–H groups in total. The molecule has 0 aliphatic carbocycles. The van der Waals surface area contributed by atoms with Crippen molar-refractivity contribution >= 4 is 0 Å². The molecule has 1 radical (unpaired) electrons. The van der Waals surface area contributed by atoms with Gasteiger partial charge < -0.3 is 0 Å². The number of halogens is 10. The molecule has 1 rings (SSSR count). The van der Waals surface area contributed by atoms with Crippen LogP contribution in [0.1, 0.15) is 0 Å². The minimum atomic E-state index is -6.92. The SMILES string of the molecule is FC1(F)[N]C(F)(F)C(F)(F)C(F)(F)C1(F)F. The van der Waals surface area contributed by atoms with Gasteiger partial charge in [0, 0.05) is 0 Å². The molecule has 0 unspecified atom stereocenters. The molecule has 11 heteroatoms. The van der Waals surface area contributed by atoms with Gasteiger partial charge in [-0.15, -0.1) is 0 Å². The summed E-state index contributed by atoms with van der Waals surface area (Å²) < 4.78 is 122. The van der Waals surface area contributed by atoms with Crippen LogP contribution >= 0.6 is 0 Å². The Morgan fingerprint density at radius 2 is 0.688 bits per heavy atom. The van der Waals surface area contributed by atoms with E-state index < -0.39 is 29.9 Å². The van der Waals surface area contributed by atoms with E-state index in [1.54, 1.807) is 0 Å². The first-order valence-electron chi connectivity index (χ1n) is 3.34. The molecule has 0 atom stereocenters. The lowest BCUT2D eigenvalue weighted by molar-refractivity contribution is -0.459. The maximum Gasteiger partial charge on any atom is 0.394 e. The van der Waals surface area contributed by atoms with Crippen LogP contribution in [-0.2, 0) is 0 Å². The fourth-order valence-electron chi connectivity index (χ4n) is 0.892. The molecule has 0 amide bonds. The van der Waals surface area contributed by atoms with Crippen LogP contribution in [-0.4, -0.2) is 29.9 Å². The molecule has 95 valence electrons. The van der Waals surface area contributed by atoms with Crippen LogP contribution in [0.4, 0.5) is 43.9 Å². The molecule has 1 aliphatic rings. The number of rotatable bonds is 0. The van der Waals surface area contributed by atoms with Crippen LogP contribution in [0, 0.1) is 0 Å². The van der Waals surface area contributed by atoms with Gasteiger partial charge >= 0.3 is 29.9 Å². The summed E-state index contributed by atoms with van der Waals surface area (Å²) in [6.07, 6.45) is 0. The van der Waals surface area contributed by atoms with E-state index in [4.69, 9.17) is 0 Å². The van der Waals surface area contributed by atoms with Crippen molar-refractivity contribution in [3.8, 4) is 0 Å². The average molecular weight is 264 g/mol. The smallest absolute Gasteiger partial charge is 0.192 e. The quantitative estimate of drug-likeness (QED) is 0.471. The molecular formula is C5F10N. The summed E-state index contributed by atoms with van der Waals surface area (Å²) in [4.78, 5) is 0. The number of nitrogens with zero attached hydrogens (tertiary/aromatic N) is 1. The lowest BCUT2D eigenvalue weighted by atomic mass is 9.96. The van der Waals surface area contributed by atoms with Crippen molar-refractivity contribution in [2.45, 2.75) is 29.9 Å². The Hall–Kier alpha value is -0.740. The highest BCUT2D eigenvalue weighted by Gasteiger charge is 2.93. The Morgan fingerprint density at radius 1 is 0.438 bits per heavy atom. The van der Waals surface area contributed by atoms with E-state index in [0.717, 1.165) is 0 Å². The first-order chi connectivity index (χ1) is 6.71. The molecule has 0 spiro atoms. The van der Waals surface area contributed by atoms with E-state index in [9.17, 15) is 43.9 Å². The Kier molecular flexibility index (Phi) is 2.28. The fourth-order valence-corrected chi connectivity index (χ4v) is 0.892. The van der Waals surface area contributed by atoms with Gasteiger partial charge in [-0.1, -0.05) is 5.32 Å². The predicted molar refractivity (Wildman–Crippen MR) is 26.9 cm³/mol. The molecule has 0 aromatic rings. The van der Waals surface area contributed by atoms with Crippen molar-refractivity contribution in [3.63, 3.8) is 0 Å². The summed E-state index contributed by atoms with van der Waals surface area (Å²) >= 11 is 0. The second kappa shape index (κ2) is 2.74. The van der Waals surface area contributed by atoms with E-state index >= 15 is 0 Å². The van der Waals surface area contributed by atoms with Gasteiger partial charge in [0.15, 0.2) is 0 Å². The number of alkyl halides is 10. The van der Waals surface area contributed by atoms with Crippen molar-refractivity contribution in [2.75, 3.05) is 0 Å². The highest BCUT2D eigenvalue weighted by atomic mass is 19.4. The Morgan fingerprint density at radius 3 is 0.938 bits per heavy atom. The maximum absolute atomic E-state index is 12.2. The van der Waals surface area contributed by atoms with Crippen molar-refractivity contribution < 1.29 is 43.9 Å². The van der Waals surface area contributed by atoms with Crippen molar-refractivity contribution in [3.05, 3.63) is 0 Å². The summed E-state index contributed by atoms with van der Waals surface area (Å²) in [6.45, 7) is 0. The predicted octanol–water partition coefficient (Wildman–Crippen LogP) is 2.70. The lowest BCUT2D eigenvalue weighted by Crippen LogP contribution is -2.78. The van der Waals surface area contributed by atoms with Gasteiger partial charge in [0.1, 0.15) is 0 Å². The minimum absolute atomic E-state index is 0.501. The molecule has 0 aromatic heterocycles. The summed E-state index contributed by atoms with van der Waals surface area (Å²) in [6, 6.07) is -12.6. The van der Waals surface area contributed by atoms with Crippen LogP contribution in [0.2, 0.25) is 0 Å². The summed E-state index contributed by atoms with van der Waals surface area (Å²) in [5.41, 5.74) is 0. The van der Waals surface area contributed by atoms with Crippen molar-refractivity contribution in [1.29, 1.82) is 0 Å². The zero-order valence-electron chi connectivity index (χ0n) is 6.73. The highest BCUT2D eigenvalue weighted by molar-refractivity contribution is 5.12. The Bertz CT molecular complexity index is 278. The van der Waals surface area contributed by atoms with Gasteiger partial charge in [0.2, 0.25) is 0 Å². The standard InChI is InChI=1S/C5F10N/c6-1(7)2(8,9)4(12,13)16-5(14,15)3(1,10)11. The number of hydrogen-bond donors (Lipinski definition) is 0. The van der Waals surface area contributed by atoms with Crippen LogP contribution in [0.15, 0.2) is 0 Å². The normalized spacial score (nSPS) is 33.4. The molecule has 1 heterocycles. The van der Waals surface area contributed by atoms with Crippen LogP contribution in [0.3, 0.4) is 0 Å². The molecule has 1 aliphatic heterocycles. The third kappa shape index (κ3) is 1.17. The molecule has 1 nitrogen and oxygen atoms in total. The second-order valence-corrected chi connectivity index (χ2v) is 2.92. The van der Waals surface area contributed by atoms with Crippen LogP contribution in [0.25, 0.3) is 0 Å². The zero-order valence-corrected chi connectivity index (χ0v) is 6.73. The number of piperidine rings is 1. The van der Waals surface area contributed by atoms with Gasteiger partial charge in [0.25, 0.3) is 0 Å².